The molecule has 0 saturated carbocycles. The number of anilines is 1. The minimum atomic E-state index is -3.36. The summed E-state index contributed by atoms with van der Waals surface area (Å²) in [5.41, 5.74) is 1.18. The zero-order valence-corrected chi connectivity index (χ0v) is 13.5. The van der Waals surface area contributed by atoms with Crippen molar-refractivity contribution in [2.75, 3.05) is 25.0 Å². The molecule has 2 aliphatic heterocycles. The first-order valence-electron chi connectivity index (χ1n) is 7.53. The van der Waals surface area contributed by atoms with E-state index in [2.05, 4.69) is 16.1 Å². The number of amides is 1. The summed E-state index contributed by atoms with van der Waals surface area (Å²) in [4.78, 5) is 14.8. The van der Waals surface area contributed by atoms with Crippen LogP contribution in [-0.4, -0.2) is 38.9 Å². The number of fused-ring (bicyclic) bond motifs is 1. The van der Waals surface area contributed by atoms with Gasteiger partial charge in [0.05, 0.1) is 11.4 Å². The highest BCUT2D eigenvalue weighted by Crippen LogP contribution is 2.29. The Labute approximate surface area is 136 Å². The maximum atomic E-state index is 12.4. The van der Waals surface area contributed by atoms with Crippen molar-refractivity contribution in [3.8, 4) is 12.3 Å². The molecule has 0 aliphatic carbocycles. The average molecular weight is 330 g/mol. The lowest BCUT2D eigenvalue weighted by Gasteiger charge is -2.29. The van der Waals surface area contributed by atoms with Gasteiger partial charge >= 0.3 is 0 Å². The molecule has 120 valence electrons. The first-order valence-corrected chi connectivity index (χ1v) is 9.08. The zero-order chi connectivity index (χ0) is 16.4. The lowest BCUT2D eigenvalue weighted by molar-refractivity contribution is -0.121. The van der Waals surface area contributed by atoms with Crippen LogP contribution < -0.4 is 5.32 Å². The van der Waals surface area contributed by atoms with Crippen LogP contribution in [0.15, 0.2) is 28.5 Å². The number of nitrogens with one attached hydrogen (secondary N) is 1. The Balaban J connectivity index is 1.65. The van der Waals surface area contributed by atoms with Crippen LogP contribution in [0.25, 0.3) is 6.08 Å². The SMILES string of the molecule is C#CCN1CCC(C(=O)Nc2ccc3c(c2)S(=O)(=O)C=C3)CC1. The van der Waals surface area contributed by atoms with Gasteiger partial charge < -0.3 is 5.32 Å². The van der Waals surface area contributed by atoms with Gasteiger partial charge in [-0.25, -0.2) is 8.42 Å². The Kier molecular flexibility index (Phi) is 4.24. The molecule has 5 nitrogen and oxygen atoms in total. The molecule has 0 aromatic heterocycles. The molecule has 2 aliphatic rings. The van der Waals surface area contributed by atoms with E-state index in [1.54, 1.807) is 18.2 Å². The monoisotopic (exact) mass is 330 g/mol. The lowest BCUT2D eigenvalue weighted by atomic mass is 9.96. The summed E-state index contributed by atoms with van der Waals surface area (Å²) in [6, 6.07) is 4.97. The summed E-state index contributed by atoms with van der Waals surface area (Å²) in [5.74, 6) is 2.49. The molecule has 1 aromatic carbocycles. The fraction of sp³-hybridized carbons (Fsp3) is 0.353. The van der Waals surface area contributed by atoms with Gasteiger partial charge in [-0.15, -0.1) is 6.42 Å². The van der Waals surface area contributed by atoms with E-state index >= 15 is 0 Å². The molecule has 23 heavy (non-hydrogen) atoms. The third-order valence-corrected chi connectivity index (χ3v) is 5.75. The Bertz CT molecular complexity index is 798. The highest BCUT2D eigenvalue weighted by Gasteiger charge is 2.26. The average Bonchev–Trinajstić information content (AvgIpc) is 2.84. The molecule has 1 fully saturated rings. The van der Waals surface area contributed by atoms with Crippen LogP contribution >= 0.6 is 0 Å². The van der Waals surface area contributed by atoms with Gasteiger partial charge in [-0.05, 0) is 49.7 Å². The number of likely N-dealkylation sites (tertiary alicyclic amines) is 1. The summed E-state index contributed by atoms with van der Waals surface area (Å²) in [7, 11) is -3.36. The molecule has 0 radical (unpaired) electrons. The smallest absolute Gasteiger partial charge is 0.227 e. The van der Waals surface area contributed by atoms with E-state index in [-0.39, 0.29) is 16.7 Å². The molecule has 0 bridgehead atoms. The number of terminal acetylenes is 1. The first-order chi connectivity index (χ1) is 11.0. The molecular formula is C17H18N2O3S. The second-order valence-corrected chi connectivity index (χ2v) is 7.65. The summed E-state index contributed by atoms with van der Waals surface area (Å²) in [6.07, 6.45) is 8.39. The summed E-state index contributed by atoms with van der Waals surface area (Å²) < 4.78 is 23.7. The van der Waals surface area contributed by atoms with Crippen molar-refractivity contribution in [3.63, 3.8) is 0 Å². The Morgan fingerprint density at radius 1 is 1.35 bits per heavy atom. The van der Waals surface area contributed by atoms with Crippen molar-refractivity contribution in [2.45, 2.75) is 17.7 Å². The molecule has 3 rings (SSSR count). The number of benzene rings is 1. The second-order valence-electron chi connectivity index (χ2n) is 5.84. The van der Waals surface area contributed by atoms with E-state index in [9.17, 15) is 13.2 Å². The molecule has 1 amide bonds. The van der Waals surface area contributed by atoms with Crippen molar-refractivity contribution in [3.05, 3.63) is 29.2 Å². The van der Waals surface area contributed by atoms with Crippen LogP contribution in [-0.2, 0) is 14.6 Å². The molecule has 6 heteroatoms. The van der Waals surface area contributed by atoms with E-state index in [0.717, 1.165) is 25.9 Å². The van der Waals surface area contributed by atoms with E-state index in [0.29, 0.717) is 17.8 Å². The van der Waals surface area contributed by atoms with Gasteiger partial charge in [0.15, 0.2) is 0 Å². The van der Waals surface area contributed by atoms with Crippen LogP contribution in [0.4, 0.5) is 5.69 Å². The van der Waals surface area contributed by atoms with E-state index in [1.165, 1.54) is 11.5 Å². The van der Waals surface area contributed by atoms with Crippen molar-refractivity contribution in [2.24, 2.45) is 5.92 Å². The maximum absolute atomic E-state index is 12.4. The summed E-state index contributed by atoms with van der Waals surface area (Å²) in [6.45, 7) is 2.24. The lowest BCUT2D eigenvalue weighted by Crippen LogP contribution is -2.38. The second kappa shape index (κ2) is 6.19. The van der Waals surface area contributed by atoms with Crippen LogP contribution in [0, 0.1) is 18.3 Å². The van der Waals surface area contributed by atoms with Crippen LogP contribution in [0.5, 0.6) is 0 Å². The molecule has 2 heterocycles. The minimum absolute atomic E-state index is 0.0614. The number of carbonyl (C=O) groups is 1. The van der Waals surface area contributed by atoms with Gasteiger partial charge in [-0.2, -0.15) is 0 Å². The third-order valence-electron chi connectivity index (χ3n) is 4.29. The molecule has 1 aromatic rings. The number of piperidine rings is 1. The van der Waals surface area contributed by atoms with Gasteiger partial charge in [-0.3, -0.25) is 9.69 Å². The van der Waals surface area contributed by atoms with Crippen LogP contribution in [0.3, 0.4) is 0 Å². The number of rotatable bonds is 3. The van der Waals surface area contributed by atoms with Crippen molar-refractivity contribution < 1.29 is 13.2 Å². The fourth-order valence-corrected chi connectivity index (χ4v) is 4.19. The quantitative estimate of drug-likeness (QED) is 0.857. The molecule has 0 unspecified atom stereocenters. The van der Waals surface area contributed by atoms with Gasteiger partial charge in [0, 0.05) is 17.0 Å². The van der Waals surface area contributed by atoms with Gasteiger partial charge in [0.25, 0.3) is 0 Å². The highest BCUT2D eigenvalue weighted by atomic mass is 32.2. The van der Waals surface area contributed by atoms with Crippen molar-refractivity contribution >= 4 is 27.5 Å². The maximum Gasteiger partial charge on any atom is 0.227 e. The number of hydrogen-bond donors (Lipinski definition) is 1. The Hall–Kier alpha value is -2.10. The highest BCUT2D eigenvalue weighted by molar-refractivity contribution is 7.94. The predicted octanol–water partition coefficient (Wildman–Crippen LogP) is 1.73. The third kappa shape index (κ3) is 3.31. The van der Waals surface area contributed by atoms with Crippen molar-refractivity contribution in [1.82, 2.24) is 4.90 Å². The number of hydrogen-bond acceptors (Lipinski definition) is 4. The largest absolute Gasteiger partial charge is 0.326 e. The topological polar surface area (TPSA) is 66.5 Å². The summed E-state index contributed by atoms with van der Waals surface area (Å²) >= 11 is 0. The molecule has 1 saturated heterocycles. The normalized spacial score (nSPS) is 20.0. The van der Waals surface area contributed by atoms with E-state index in [1.807, 2.05) is 0 Å². The zero-order valence-electron chi connectivity index (χ0n) is 12.7. The molecule has 0 atom stereocenters. The fourth-order valence-electron chi connectivity index (χ4n) is 2.96. The van der Waals surface area contributed by atoms with Gasteiger partial charge in [0.1, 0.15) is 0 Å². The molecule has 1 N–H and O–H groups in total. The Morgan fingerprint density at radius 3 is 2.78 bits per heavy atom. The molecular weight excluding hydrogens is 312 g/mol. The van der Waals surface area contributed by atoms with E-state index < -0.39 is 9.84 Å². The van der Waals surface area contributed by atoms with Crippen LogP contribution in [0.2, 0.25) is 0 Å². The van der Waals surface area contributed by atoms with Crippen LogP contribution in [0.1, 0.15) is 18.4 Å². The first kappa shape index (κ1) is 15.8. The van der Waals surface area contributed by atoms with E-state index in [4.69, 9.17) is 6.42 Å². The predicted molar refractivity (Wildman–Crippen MR) is 89.3 cm³/mol. The summed E-state index contributed by atoms with van der Waals surface area (Å²) in [5, 5.41) is 4.02. The van der Waals surface area contributed by atoms with Crippen molar-refractivity contribution in [1.29, 1.82) is 0 Å². The Morgan fingerprint density at radius 2 is 2.09 bits per heavy atom. The van der Waals surface area contributed by atoms with Gasteiger partial charge in [-0.1, -0.05) is 12.0 Å². The number of nitrogens with zero attached hydrogens (tertiary/aromatic N) is 1. The number of sulfone groups is 1. The minimum Gasteiger partial charge on any atom is -0.326 e. The standard InChI is InChI=1S/C17H18N2O3S/c1-2-8-19-9-5-14(6-10-19)17(20)18-15-4-3-13-7-11-23(21,22)16(13)12-15/h1,3-4,7,11-12,14H,5-6,8-10H2,(H,18,20). The van der Waals surface area contributed by atoms with Gasteiger partial charge in [0.2, 0.25) is 15.7 Å². The molecule has 0 spiro atoms. The number of carbonyl (C=O) groups excluding carboxylic acids is 1.